The molecule has 0 radical (unpaired) electrons. The third-order valence-corrected chi connectivity index (χ3v) is 6.47. The zero-order chi connectivity index (χ0) is 18.6. The molecular weight excluding hydrogens is 374 g/mol. The van der Waals surface area contributed by atoms with Gasteiger partial charge in [0.15, 0.2) is 0 Å². The Kier molecular flexibility index (Phi) is 5.98. The predicted molar refractivity (Wildman–Crippen MR) is 89.0 cm³/mol. The molecule has 0 bridgehead atoms. The van der Waals surface area contributed by atoms with Crippen molar-refractivity contribution in [2.45, 2.75) is 18.8 Å². The Hall–Kier alpha value is -2.18. The fourth-order valence-corrected chi connectivity index (χ4v) is 4.47. The summed E-state index contributed by atoms with van der Waals surface area (Å²) in [6.07, 6.45) is -1.19. The molecule has 2 rings (SSSR count). The van der Waals surface area contributed by atoms with Crippen molar-refractivity contribution < 1.29 is 27.7 Å². The second-order valence-electron chi connectivity index (χ2n) is 5.11. The van der Waals surface area contributed by atoms with E-state index in [2.05, 4.69) is 5.32 Å². The molecule has 1 aliphatic heterocycles. The quantitative estimate of drug-likeness (QED) is 0.445. The second-order valence-corrected chi connectivity index (χ2v) is 8.53. The van der Waals surface area contributed by atoms with Gasteiger partial charge in [-0.25, -0.2) is 13.2 Å². The van der Waals surface area contributed by atoms with E-state index in [0.717, 1.165) is 6.92 Å². The highest BCUT2D eigenvalue weighted by Crippen LogP contribution is 2.24. The number of hydrogen-bond acceptors (Lipinski definition) is 9. The van der Waals surface area contributed by atoms with E-state index < -0.39 is 31.4 Å². The van der Waals surface area contributed by atoms with Gasteiger partial charge in [-0.1, -0.05) is 0 Å². The lowest BCUT2D eigenvalue weighted by atomic mass is 10.2. The lowest BCUT2D eigenvalue weighted by Crippen LogP contribution is -2.55. The van der Waals surface area contributed by atoms with Crippen LogP contribution in [0.5, 0.6) is 0 Å². The van der Waals surface area contributed by atoms with E-state index in [0.29, 0.717) is 9.27 Å². The molecule has 1 aliphatic rings. The highest BCUT2D eigenvalue weighted by Gasteiger charge is 2.41. The number of sulfonamides is 1. The molecule has 25 heavy (non-hydrogen) atoms. The monoisotopic (exact) mass is 389 g/mol. The highest BCUT2D eigenvalue weighted by molar-refractivity contribution is 8.19. The van der Waals surface area contributed by atoms with Crippen LogP contribution in [0.4, 0.5) is 10.5 Å². The molecule has 1 heterocycles. The normalized spacial score (nSPS) is 14.4. The van der Waals surface area contributed by atoms with Crippen LogP contribution in [0.15, 0.2) is 24.3 Å². The standard InChI is InChI=1S/C13H15N3O7S2/c1-9(17)24-16(25(21,22)12-6-14-7-12)13(18)23-8-10-2-4-11(5-3-10)15(19)20/h2-5,12,14H,6-8H2,1H3. The average molecular weight is 389 g/mol. The van der Waals surface area contributed by atoms with E-state index in [4.69, 9.17) is 4.74 Å². The first-order chi connectivity index (χ1) is 11.7. The van der Waals surface area contributed by atoms with Crippen LogP contribution in [-0.2, 0) is 26.2 Å². The lowest BCUT2D eigenvalue weighted by Gasteiger charge is -2.30. The number of nitrogens with one attached hydrogen (secondary N) is 1. The third-order valence-electron chi connectivity index (χ3n) is 3.27. The van der Waals surface area contributed by atoms with Crippen molar-refractivity contribution in [2.24, 2.45) is 0 Å². The average Bonchev–Trinajstić information content (AvgIpc) is 2.48. The molecule has 0 aliphatic carbocycles. The van der Waals surface area contributed by atoms with Gasteiger partial charge < -0.3 is 10.1 Å². The van der Waals surface area contributed by atoms with Gasteiger partial charge in [0.1, 0.15) is 11.9 Å². The van der Waals surface area contributed by atoms with Crippen molar-refractivity contribution in [2.75, 3.05) is 13.1 Å². The number of amides is 1. The fraction of sp³-hybridized carbons (Fsp3) is 0.385. The molecule has 1 aromatic rings. The molecule has 0 spiro atoms. The van der Waals surface area contributed by atoms with Crippen molar-refractivity contribution in [1.29, 1.82) is 0 Å². The van der Waals surface area contributed by atoms with Crippen molar-refractivity contribution in [3.63, 3.8) is 0 Å². The minimum atomic E-state index is -4.03. The molecule has 1 aromatic carbocycles. The summed E-state index contributed by atoms with van der Waals surface area (Å²) in [5, 5.41) is 12.0. The number of benzene rings is 1. The van der Waals surface area contributed by atoms with Gasteiger partial charge in [0, 0.05) is 44.1 Å². The largest absolute Gasteiger partial charge is 0.443 e. The Labute approximate surface area is 147 Å². The smallest absolute Gasteiger partial charge is 0.434 e. The number of nitro benzene ring substituents is 1. The fourth-order valence-electron chi connectivity index (χ4n) is 1.83. The number of hydrogen-bond donors (Lipinski definition) is 1. The summed E-state index contributed by atoms with van der Waals surface area (Å²) >= 11 is 0.249. The lowest BCUT2D eigenvalue weighted by molar-refractivity contribution is -0.384. The Bertz CT molecular complexity index is 775. The number of carbonyl (C=O) groups excluding carboxylic acids is 2. The van der Waals surface area contributed by atoms with Crippen LogP contribution in [-0.4, -0.2) is 46.6 Å². The van der Waals surface area contributed by atoms with E-state index in [9.17, 15) is 28.1 Å². The van der Waals surface area contributed by atoms with Crippen LogP contribution >= 0.6 is 11.9 Å². The number of ether oxygens (including phenoxy) is 1. The van der Waals surface area contributed by atoms with Gasteiger partial charge in [-0.2, -0.15) is 0 Å². The first-order valence-electron chi connectivity index (χ1n) is 7.05. The molecule has 1 saturated heterocycles. The van der Waals surface area contributed by atoms with Crippen molar-refractivity contribution in [3.05, 3.63) is 39.9 Å². The molecular formula is C13H15N3O7S2. The van der Waals surface area contributed by atoms with Gasteiger partial charge in [-0.05, 0) is 17.7 Å². The molecule has 0 aromatic heterocycles. The Morgan fingerprint density at radius 2 is 1.96 bits per heavy atom. The van der Waals surface area contributed by atoms with Crippen LogP contribution in [0, 0.1) is 10.1 Å². The number of nitro groups is 1. The topological polar surface area (TPSA) is 136 Å². The minimum absolute atomic E-state index is 0.121. The SMILES string of the molecule is CC(=O)SN(C(=O)OCc1ccc([N+](=O)[O-])cc1)S(=O)(=O)C1CNC1. The summed E-state index contributed by atoms with van der Waals surface area (Å²) in [5.41, 5.74) is 0.318. The number of nitrogens with zero attached hydrogens (tertiary/aromatic N) is 2. The summed E-state index contributed by atoms with van der Waals surface area (Å²) in [4.78, 5) is 33.4. The molecule has 1 fully saturated rings. The maximum Gasteiger partial charge on any atom is 0.434 e. The molecule has 1 N–H and O–H groups in total. The summed E-state index contributed by atoms with van der Waals surface area (Å²) < 4.78 is 30.0. The second kappa shape index (κ2) is 7.80. The minimum Gasteiger partial charge on any atom is -0.443 e. The molecule has 12 heteroatoms. The number of rotatable bonds is 5. The van der Waals surface area contributed by atoms with Crippen LogP contribution in [0.2, 0.25) is 0 Å². The van der Waals surface area contributed by atoms with Crippen LogP contribution in [0.1, 0.15) is 12.5 Å². The van der Waals surface area contributed by atoms with E-state index in [1.807, 2.05) is 0 Å². The molecule has 0 saturated carbocycles. The van der Waals surface area contributed by atoms with Crippen molar-refractivity contribution in [1.82, 2.24) is 9.03 Å². The highest BCUT2D eigenvalue weighted by atomic mass is 32.3. The van der Waals surface area contributed by atoms with Gasteiger partial charge in [-0.15, -0.1) is 3.71 Å². The van der Waals surface area contributed by atoms with Gasteiger partial charge in [0.2, 0.25) is 5.12 Å². The summed E-state index contributed by atoms with van der Waals surface area (Å²) in [6.45, 7) is 1.22. The van der Waals surface area contributed by atoms with Gasteiger partial charge in [0.25, 0.3) is 15.7 Å². The molecule has 1 amide bonds. The molecule has 0 atom stereocenters. The number of carbonyl (C=O) groups is 2. The predicted octanol–water partition coefficient (Wildman–Crippen LogP) is 1.03. The van der Waals surface area contributed by atoms with Crippen molar-refractivity contribution in [3.8, 4) is 0 Å². The van der Waals surface area contributed by atoms with E-state index in [-0.39, 0.29) is 37.3 Å². The number of non-ortho nitro benzene ring substituents is 1. The van der Waals surface area contributed by atoms with E-state index in [1.54, 1.807) is 0 Å². The zero-order valence-electron chi connectivity index (χ0n) is 13.1. The van der Waals surface area contributed by atoms with Crippen molar-refractivity contribution >= 4 is 38.9 Å². The maximum atomic E-state index is 12.4. The van der Waals surface area contributed by atoms with Gasteiger partial charge in [0.05, 0.1) is 4.92 Å². The zero-order valence-corrected chi connectivity index (χ0v) is 14.7. The third kappa shape index (κ3) is 4.67. The summed E-state index contributed by atoms with van der Waals surface area (Å²) in [5.74, 6) is 0. The first kappa shape index (κ1) is 19.1. The Morgan fingerprint density at radius 3 is 2.40 bits per heavy atom. The molecule has 10 nitrogen and oxygen atoms in total. The van der Waals surface area contributed by atoms with Crippen LogP contribution in [0.25, 0.3) is 0 Å². The molecule has 0 unspecified atom stereocenters. The van der Waals surface area contributed by atoms with E-state index in [1.165, 1.54) is 24.3 Å². The summed E-state index contributed by atoms with van der Waals surface area (Å²) in [6, 6.07) is 5.25. The van der Waals surface area contributed by atoms with E-state index >= 15 is 0 Å². The Balaban J connectivity index is 2.06. The maximum absolute atomic E-state index is 12.4. The van der Waals surface area contributed by atoms with Crippen LogP contribution in [0.3, 0.4) is 0 Å². The summed E-state index contributed by atoms with van der Waals surface area (Å²) in [7, 11) is -4.03. The molecule has 136 valence electrons. The Morgan fingerprint density at radius 1 is 1.36 bits per heavy atom. The van der Waals surface area contributed by atoms with Crippen LogP contribution < -0.4 is 5.32 Å². The first-order valence-corrected chi connectivity index (χ1v) is 9.33. The van der Waals surface area contributed by atoms with Gasteiger partial charge >= 0.3 is 6.09 Å². The van der Waals surface area contributed by atoms with Gasteiger partial charge in [-0.3, -0.25) is 14.9 Å².